The van der Waals surface area contributed by atoms with Crippen molar-refractivity contribution in [3.8, 4) is 5.75 Å². The maximum absolute atomic E-state index is 11.6. The van der Waals surface area contributed by atoms with E-state index in [1.54, 1.807) is 12.1 Å². The van der Waals surface area contributed by atoms with Crippen LogP contribution in [0.4, 0.5) is 4.79 Å². The van der Waals surface area contributed by atoms with Crippen molar-refractivity contribution in [3.05, 3.63) is 24.3 Å². The average Bonchev–Trinajstić information content (AvgIpc) is 2.56. The van der Waals surface area contributed by atoms with Gasteiger partial charge in [-0.05, 0) is 64.9 Å². The summed E-state index contributed by atoms with van der Waals surface area (Å²) in [6, 6.07) is 6.33. The molecule has 0 radical (unpaired) electrons. The van der Waals surface area contributed by atoms with Crippen LogP contribution in [0.25, 0.3) is 0 Å². The van der Waals surface area contributed by atoms with Gasteiger partial charge in [0.05, 0.1) is 11.5 Å². The molecule has 0 aliphatic carbocycles. The summed E-state index contributed by atoms with van der Waals surface area (Å²) in [7, 11) is -2.04. The Bertz CT molecular complexity index is 651. The second-order valence-electron chi connectivity index (χ2n) is 6.87. The largest absolute Gasteiger partial charge is 0.494 e. The van der Waals surface area contributed by atoms with Crippen LogP contribution in [-0.2, 0) is 14.8 Å². The number of nitrogens with one attached hydrogen (secondary N) is 2. The first kappa shape index (κ1) is 22.2. The normalized spacial score (nSPS) is 11.8. The molecule has 1 rings (SSSR count). The van der Waals surface area contributed by atoms with Crippen molar-refractivity contribution < 1.29 is 22.7 Å². The molecule has 1 amide bonds. The summed E-state index contributed by atoms with van der Waals surface area (Å²) in [5.74, 6) is 0.645. The first-order chi connectivity index (χ1) is 12.1. The second kappa shape index (κ2) is 10.4. The highest BCUT2D eigenvalue weighted by molar-refractivity contribution is 7.89. The number of carbonyl (C=O) groups is 1. The number of sulfonamides is 1. The lowest BCUT2D eigenvalue weighted by molar-refractivity contribution is 0.0527. The van der Waals surface area contributed by atoms with Gasteiger partial charge in [0.15, 0.2) is 0 Å². The average molecular weight is 387 g/mol. The molecule has 26 heavy (non-hydrogen) atoms. The second-order valence-corrected chi connectivity index (χ2v) is 8.76. The Kier molecular flexibility index (Phi) is 8.87. The molecule has 0 aliphatic rings. The van der Waals surface area contributed by atoms with Crippen LogP contribution in [0.2, 0.25) is 0 Å². The molecule has 0 spiro atoms. The molecule has 7 nitrogen and oxygen atoms in total. The molecule has 1 aromatic rings. The maximum atomic E-state index is 11.6. The SMILES string of the molecule is CNS(=O)(=O)c1ccc(OCCCCCCNC(=O)OC(C)(C)C)cc1. The third-order valence-electron chi connectivity index (χ3n) is 3.41. The maximum Gasteiger partial charge on any atom is 0.407 e. The molecule has 2 N–H and O–H groups in total. The van der Waals surface area contributed by atoms with Crippen molar-refractivity contribution in [2.24, 2.45) is 0 Å². The minimum Gasteiger partial charge on any atom is -0.494 e. The molecule has 0 heterocycles. The quantitative estimate of drug-likeness (QED) is 0.603. The van der Waals surface area contributed by atoms with Crippen LogP contribution in [0, 0.1) is 0 Å². The van der Waals surface area contributed by atoms with E-state index in [1.165, 1.54) is 19.2 Å². The van der Waals surface area contributed by atoms with Gasteiger partial charge >= 0.3 is 6.09 Å². The van der Waals surface area contributed by atoms with Crippen LogP contribution < -0.4 is 14.8 Å². The Morgan fingerprint density at radius 2 is 1.65 bits per heavy atom. The summed E-state index contributed by atoms with van der Waals surface area (Å²) in [6.45, 7) is 6.66. The highest BCUT2D eigenvalue weighted by Crippen LogP contribution is 2.16. The topological polar surface area (TPSA) is 93.7 Å². The third-order valence-corrected chi connectivity index (χ3v) is 4.84. The molecule has 1 aromatic carbocycles. The standard InChI is InChI=1S/C18H30N2O5S/c1-18(2,3)25-17(21)20-13-7-5-6-8-14-24-15-9-11-16(12-10-15)26(22,23)19-4/h9-12,19H,5-8,13-14H2,1-4H3,(H,20,21). The van der Waals surface area contributed by atoms with E-state index in [2.05, 4.69) is 10.0 Å². The molecule has 0 fully saturated rings. The Morgan fingerprint density at radius 1 is 1.04 bits per heavy atom. The lowest BCUT2D eigenvalue weighted by Crippen LogP contribution is -2.32. The molecule has 0 atom stereocenters. The van der Waals surface area contributed by atoms with E-state index in [-0.39, 0.29) is 11.0 Å². The molecular formula is C18H30N2O5S. The number of ether oxygens (including phenoxy) is 2. The number of alkyl carbamates (subject to hydrolysis) is 1. The molecular weight excluding hydrogens is 356 g/mol. The van der Waals surface area contributed by atoms with Crippen LogP contribution >= 0.6 is 0 Å². The molecule has 0 saturated carbocycles. The van der Waals surface area contributed by atoms with Crippen molar-refractivity contribution in [2.45, 2.75) is 57.0 Å². The van der Waals surface area contributed by atoms with Gasteiger partial charge in [-0.25, -0.2) is 17.9 Å². The molecule has 148 valence electrons. The molecule has 0 unspecified atom stereocenters. The minimum absolute atomic E-state index is 0.213. The number of benzene rings is 1. The molecule has 8 heteroatoms. The van der Waals surface area contributed by atoms with Gasteiger partial charge in [0, 0.05) is 6.54 Å². The highest BCUT2D eigenvalue weighted by Gasteiger charge is 2.15. The molecule has 0 aliphatic heterocycles. The summed E-state index contributed by atoms with van der Waals surface area (Å²) >= 11 is 0. The van der Waals surface area contributed by atoms with Crippen molar-refractivity contribution in [2.75, 3.05) is 20.2 Å². The zero-order chi connectivity index (χ0) is 19.6. The van der Waals surface area contributed by atoms with Gasteiger partial charge in [0.2, 0.25) is 10.0 Å². The highest BCUT2D eigenvalue weighted by atomic mass is 32.2. The van der Waals surface area contributed by atoms with E-state index in [0.29, 0.717) is 18.9 Å². The number of hydrogen-bond acceptors (Lipinski definition) is 5. The van der Waals surface area contributed by atoms with Gasteiger partial charge in [-0.2, -0.15) is 0 Å². The summed E-state index contributed by atoms with van der Waals surface area (Å²) in [6.07, 6.45) is 3.36. The molecule has 0 aromatic heterocycles. The van der Waals surface area contributed by atoms with E-state index in [9.17, 15) is 13.2 Å². The molecule has 0 bridgehead atoms. The number of amides is 1. The van der Waals surface area contributed by atoms with E-state index in [0.717, 1.165) is 25.7 Å². The van der Waals surface area contributed by atoms with Crippen molar-refractivity contribution >= 4 is 16.1 Å². The molecule has 0 saturated heterocycles. The zero-order valence-electron chi connectivity index (χ0n) is 16.0. The first-order valence-electron chi connectivity index (χ1n) is 8.77. The van der Waals surface area contributed by atoms with E-state index >= 15 is 0 Å². The Morgan fingerprint density at radius 3 is 2.23 bits per heavy atom. The van der Waals surface area contributed by atoms with Crippen LogP contribution in [0.5, 0.6) is 5.75 Å². The van der Waals surface area contributed by atoms with Gasteiger partial charge in [0.25, 0.3) is 0 Å². The third kappa shape index (κ3) is 9.05. The smallest absolute Gasteiger partial charge is 0.407 e. The summed E-state index contributed by atoms with van der Waals surface area (Å²) < 4.78 is 36.3. The Labute approximate surface area is 156 Å². The van der Waals surface area contributed by atoms with Gasteiger partial charge in [-0.1, -0.05) is 12.8 Å². The van der Waals surface area contributed by atoms with Gasteiger partial charge < -0.3 is 14.8 Å². The van der Waals surface area contributed by atoms with Crippen LogP contribution in [-0.4, -0.2) is 40.3 Å². The fraction of sp³-hybridized carbons (Fsp3) is 0.611. The van der Waals surface area contributed by atoms with Crippen molar-refractivity contribution in [1.82, 2.24) is 10.0 Å². The lowest BCUT2D eigenvalue weighted by atomic mass is 10.2. The van der Waals surface area contributed by atoms with Gasteiger partial charge in [-0.3, -0.25) is 0 Å². The summed E-state index contributed by atoms with van der Waals surface area (Å²) in [5, 5.41) is 2.73. The van der Waals surface area contributed by atoms with E-state index < -0.39 is 15.6 Å². The van der Waals surface area contributed by atoms with Crippen LogP contribution in [0.15, 0.2) is 29.2 Å². The summed E-state index contributed by atoms with van der Waals surface area (Å²) in [5.41, 5.74) is -0.475. The van der Waals surface area contributed by atoms with Crippen LogP contribution in [0.1, 0.15) is 46.5 Å². The predicted molar refractivity (Wildman–Crippen MR) is 101 cm³/mol. The first-order valence-corrected chi connectivity index (χ1v) is 10.3. The minimum atomic E-state index is -3.41. The van der Waals surface area contributed by atoms with E-state index in [4.69, 9.17) is 9.47 Å². The van der Waals surface area contributed by atoms with E-state index in [1.807, 2.05) is 20.8 Å². The van der Waals surface area contributed by atoms with Crippen molar-refractivity contribution in [1.29, 1.82) is 0 Å². The van der Waals surface area contributed by atoms with Crippen LogP contribution in [0.3, 0.4) is 0 Å². The lowest BCUT2D eigenvalue weighted by Gasteiger charge is -2.19. The van der Waals surface area contributed by atoms with Crippen molar-refractivity contribution in [3.63, 3.8) is 0 Å². The number of carbonyl (C=O) groups excluding carboxylic acids is 1. The van der Waals surface area contributed by atoms with Gasteiger partial charge in [-0.15, -0.1) is 0 Å². The number of rotatable bonds is 10. The zero-order valence-corrected chi connectivity index (χ0v) is 16.8. The van der Waals surface area contributed by atoms with Gasteiger partial charge in [0.1, 0.15) is 11.4 Å². The fourth-order valence-electron chi connectivity index (χ4n) is 2.11. The Hall–Kier alpha value is -1.80. The predicted octanol–water partition coefficient (Wildman–Crippen LogP) is 3.06. The number of unbranched alkanes of at least 4 members (excludes halogenated alkanes) is 3. The summed E-state index contributed by atoms with van der Waals surface area (Å²) in [4.78, 5) is 11.7. The number of hydrogen-bond donors (Lipinski definition) is 2. The monoisotopic (exact) mass is 386 g/mol. The Balaban J connectivity index is 2.12. The fourth-order valence-corrected chi connectivity index (χ4v) is 2.84.